The molecule has 23 heavy (non-hydrogen) atoms. The van der Waals surface area contributed by atoms with Crippen LogP contribution in [0.3, 0.4) is 0 Å². The summed E-state index contributed by atoms with van der Waals surface area (Å²) in [6, 6.07) is 15.5. The fourth-order valence-corrected chi connectivity index (χ4v) is 3.26. The highest BCUT2D eigenvalue weighted by Gasteiger charge is 2.22. The van der Waals surface area contributed by atoms with Gasteiger partial charge in [0.2, 0.25) is 0 Å². The molecule has 2 aromatic rings. The third-order valence-corrected chi connectivity index (χ3v) is 4.69. The molecule has 1 aliphatic rings. The molecular weight excluding hydrogens is 289 g/mol. The van der Waals surface area contributed by atoms with Gasteiger partial charge < -0.3 is 10.6 Å². The van der Waals surface area contributed by atoms with E-state index < -0.39 is 0 Å². The Morgan fingerprint density at radius 2 is 1.65 bits per heavy atom. The molecule has 0 amide bonds. The number of anilines is 2. The van der Waals surface area contributed by atoms with Crippen LogP contribution < -0.4 is 10.6 Å². The van der Waals surface area contributed by atoms with Crippen LogP contribution in [0.5, 0.6) is 0 Å². The van der Waals surface area contributed by atoms with E-state index in [4.69, 9.17) is 5.73 Å². The van der Waals surface area contributed by atoms with Crippen LogP contribution in [0, 0.1) is 5.82 Å². The largest absolute Gasteiger partial charge is 0.399 e. The van der Waals surface area contributed by atoms with Crippen LogP contribution in [0.15, 0.2) is 48.5 Å². The van der Waals surface area contributed by atoms with Gasteiger partial charge in [0.05, 0.1) is 0 Å². The topological polar surface area (TPSA) is 32.5 Å². The van der Waals surface area contributed by atoms with Gasteiger partial charge in [-0.2, -0.15) is 0 Å². The summed E-state index contributed by atoms with van der Waals surface area (Å²) in [6.45, 7) is 2.98. The Labute approximate surface area is 137 Å². The Kier molecular flexibility index (Phi) is 4.82. The number of hydrogen-bond acceptors (Lipinski definition) is 3. The smallest absolute Gasteiger partial charge is 0.123 e. The molecular formula is C19H24FN3. The van der Waals surface area contributed by atoms with Crippen molar-refractivity contribution in [1.82, 2.24) is 4.90 Å². The Morgan fingerprint density at radius 3 is 2.26 bits per heavy atom. The lowest BCUT2D eigenvalue weighted by Crippen LogP contribution is -2.43. The molecule has 0 atom stereocenters. The third-order valence-electron chi connectivity index (χ3n) is 4.69. The standard InChI is InChI=1S/C19H24FN3/c1-22(14-15-2-4-16(20)5-3-15)18-10-12-23(13-11-18)19-8-6-17(21)7-9-19/h2-9,18H,10-14,21H2,1H3. The molecule has 3 rings (SSSR count). The van der Waals surface area contributed by atoms with Gasteiger partial charge in [0.1, 0.15) is 5.82 Å². The van der Waals surface area contributed by atoms with Gasteiger partial charge in [-0.15, -0.1) is 0 Å². The first kappa shape index (κ1) is 15.8. The average molecular weight is 313 g/mol. The van der Waals surface area contributed by atoms with Crippen molar-refractivity contribution in [2.24, 2.45) is 0 Å². The molecule has 2 N–H and O–H groups in total. The highest BCUT2D eigenvalue weighted by molar-refractivity contribution is 5.53. The van der Waals surface area contributed by atoms with E-state index in [0.717, 1.165) is 43.7 Å². The molecule has 1 heterocycles. The molecule has 0 aliphatic carbocycles. The summed E-state index contributed by atoms with van der Waals surface area (Å²) in [5.74, 6) is -0.173. The van der Waals surface area contributed by atoms with Gasteiger partial charge in [0, 0.05) is 37.1 Å². The van der Waals surface area contributed by atoms with Gasteiger partial charge >= 0.3 is 0 Å². The van der Waals surface area contributed by atoms with Gasteiger partial charge in [0.25, 0.3) is 0 Å². The van der Waals surface area contributed by atoms with Crippen molar-refractivity contribution < 1.29 is 4.39 Å². The number of rotatable bonds is 4. The first-order valence-corrected chi connectivity index (χ1v) is 8.17. The summed E-state index contributed by atoms with van der Waals surface area (Å²) in [5, 5.41) is 0. The first-order chi connectivity index (χ1) is 11.1. The number of nitrogens with zero attached hydrogens (tertiary/aromatic N) is 2. The summed E-state index contributed by atoms with van der Waals surface area (Å²) in [7, 11) is 2.16. The first-order valence-electron chi connectivity index (χ1n) is 8.17. The van der Waals surface area contributed by atoms with Gasteiger partial charge in [-0.3, -0.25) is 4.90 Å². The maximum absolute atomic E-state index is 13.0. The Morgan fingerprint density at radius 1 is 1.04 bits per heavy atom. The van der Waals surface area contributed by atoms with E-state index in [2.05, 4.69) is 29.0 Å². The lowest BCUT2D eigenvalue weighted by Gasteiger charge is -2.38. The number of benzene rings is 2. The molecule has 0 unspecified atom stereocenters. The van der Waals surface area contributed by atoms with Crippen molar-refractivity contribution in [3.8, 4) is 0 Å². The predicted molar refractivity (Wildman–Crippen MR) is 94.0 cm³/mol. The second kappa shape index (κ2) is 7.01. The molecule has 2 aromatic carbocycles. The monoisotopic (exact) mass is 313 g/mol. The highest BCUT2D eigenvalue weighted by Crippen LogP contribution is 2.23. The minimum atomic E-state index is -0.173. The molecule has 0 aromatic heterocycles. The number of piperidine rings is 1. The van der Waals surface area contributed by atoms with E-state index in [-0.39, 0.29) is 5.82 Å². The fourth-order valence-electron chi connectivity index (χ4n) is 3.26. The van der Waals surface area contributed by atoms with E-state index in [1.54, 1.807) is 0 Å². The summed E-state index contributed by atoms with van der Waals surface area (Å²) < 4.78 is 13.0. The van der Waals surface area contributed by atoms with Crippen LogP contribution in [0.2, 0.25) is 0 Å². The Hall–Kier alpha value is -2.07. The molecule has 3 nitrogen and oxygen atoms in total. The van der Waals surface area contributed by atoms with Crippen LogP contribution >= 0.6 is 0 Å². The van der Waals surface area contributed by atoms with Crippen molar-refractivity contribution in [3.63, 3.8) is 0 Å². The van der Waals surface area contributed by atoms with Crippen LogP contribution in [0.25, 0.3) is 0 Å². The van der Waals surface area contributed by atoms with Crippen LogP contribution in [0.1, 0.15) is 18.4 Å². The molecule has 1 aliphatic heterocycles. The summed E-state index contributed by atoms with van der Waals surface area (Å²) in [5.41, 5.74) is 8.97. The number of nitrogens with two attached hydrogens (primary N) is 1. The zero-order chi connectivity index (χ0) is 16.2. The normalized spacial score (nSPS) is 16.0. The SMILES string of the molecule is CN(Cc1ccc(F)cc1)C1CCN(c2ccc(N)cc2)CC1. The van der Waals surface area contributed by atoms with Crippen molar-refractivity contribution in [1.29, 1.82) is 0 Å². The predicted octanol–water partition coefficient (Wildman–Crippen LogP) is 3.51. The van der Waals surface area contributed by atoms with Gasteiger partial charge in [-0.1, -0.05) is 12.1 Å². The quantitative estimate of drug-likeness (QED) is 0.877. The van der Waals surface area contributed by atoms with Crippen LogP contribution in [-0.4, -0.2) is 31.1 Å². The van der Waals surface area contributed by atoms with Gasteiger partial charge in [0.15, 0.2) is 0 Å². The highest BCUT2D eigenvalue weighted by atomic mass is 19.1. The maximum atomic E-state index is 13.0. The molecule has 122 valence electrons. The van der Waals surface area contributed by atoms with Crippen LogP contribution in [-0.2, 0) is 6.54 Å². The zero-order valence-corrected chi connectivity index (χ0v) is 13.6. The van der Waals surface area contributed by atoms with Gasteiger partial charge in [-0.05, 0) is 61.9 Å². The Balaban J connectivity index is 1.53. The van der Waals surface area contributed by atoms with Gasteiger partial charge in [-0.25, -0.2) is 4.39 Å². The van der Waals surface area contributed by atoms with Crippen molar-refractivity contribution in [2.45, 2.75) is 25.4 Å². The zero-order valence-electron chi connectivity index (χ0n) is 13.6. The summed E-state index contributed by atoms with van der Waals surface area (Å²) in [6.07, 6.45) is 2.28. The lowest BCUT2D eigenvalue weighted by atomic mass is 10.0. The van der Waals surface area contributed by atoms with E-state index in [0.29, 0.717) is 6.04 Å². The molecule has 0 bridgehead atoms. The molecule has 1 saturated heterocycles. The lowest BCUT2D eigenvalue weighted by molar-refractivity contribution is 0.200. The molecule has 4 heteroatoms. The number of halogens is 1. The fraction of sp³-hybridized carbons (Fsp3) is 0.368. The molecule has 0 radical (unpaired) electrons. The second-order valence-electron chi connectivity index (χ2n) is 6.35. The average Bonchev–Trinajstić information content (AvgIpc) is 2.58. The second-order valence-corrected chi connectivity index (χ2v) is 6.35. The van der Waals surface area contributed by atoms with E-state index >= 15 is 0 Å². The van der Waals surface area contributed by atoms with Crippen molar-refractivity contribution in [3.05, 3.63) is 59.9 Å². The molecule has 0 spiro atoms. The summed E-state index contributed by atoms with van der Waals surface area (Å²) in [4.78, 5) is 4.80. The summed E-state index contributed by atoms with van der Waals surface area (Å²) >= 11 is 0. The minimum Gasteiger partial charge on any atom is -0.399 e. The minimum absolute atomic E-state index is 0.173. The van der Waals surface area contributed by atoms with Crippen molar-refractivity contribution >= 4 is 11.4 Å². The molecule has 0 saturated carbocycles. The Bertz CT molecular complexity index is 616. The van der Waals surface area contributed by atoms with Crippen LogP contribution in [0.4, 0.5) is 15.8 Å². The maximum Gasteiger partial charge on any atom is 0.123 e. The third kappa shape index (κ3) is 4.02. The van der Waals surface area contributed by atoms with E-state index in [1.165, 1.54) is 17.8 Å². The van der Waals surface area contributed by atoms with Crippen molar-refractivity contribution in [2.75, 3.05) is 30.8 Å². The molecule has 1 fully saturated rings. The number of nitrogen functional groups attached to an aromatic ring is 1. The van der Waals surface area contributed by atoms with E-state index in [1.807, 2.05) is 24.3 Å². The number of hydrogen-bond donors (Lipinski definition) is 1. The van der Waals surface area contributed by atoms with E-state index in [9.17, 15) is 4.39 Å².